The van der Waals surface area contributed by atoms with Crippen LogP contribution in [-0.2, 0) is 6.42 Å². The second-order valence-corrected chi connectivity index (χ2v) is 5.71. The third-order valence-corrected chi connectivity index (χ3v) is 4.03. The first kappa shape index (κ1) is 13.6. The van der Waals surface area contributed by atoms with Crippen molar-refractivity contribution in [3.63, 3.8) is 0 Å². The van der Waals surface area contributed by atoms with Gasteiger partial charge in [-0.1, -0.05) is 57.9 Å². The Kier molecular flexibility index (Phi) is 4.44. The Hall–Kier alpha value is -0.830. The molecule has 0 aliphatic carbocycles. The van der Waals surface area contributed by atoms with Gasteiger partial charge in [-0.2, -0.15) is 0 Å². The minimum absolute atomic E-state index is 0.0708. The molecule has 94 valence electrons. The van der Waals surface area contributed by atoms with E-state index >= 15 is 0 Å². The summed E-state index contributed by atoms with van der Waals surface area (Å²) in [5, 5.41) is 0.780. The molecule has 0 fully saturated rings. The molecule has 2 rings (SSSR count). The lowest BCUT2D eigenvalue weighted by Gasteiger charge is -2.15. The van der Waals surface area contributed by atoms with Gasteiger partial charge in [0.25, 0.3) is 0 Å². The molecule has 0 bridgehead atoms. The number of hydrogen-bond acceptors (Lipinski definition) is 1. The van der Waals surface area contributed by atoms with E-state index in [1.54, 1.807) is 0 Å². The highest BCUT2D eigenvalue weighted by Gasteiger charge is 2.12. The average molecular weight is 325 g/mol. The molecule has 1 unspecified atom stereocenters. The summed E-state index contributed by atoms with van der Waals surface area (Å²) >= 11 is 9.72. The molecule has 0 heterocycles. The first-order valence-electron chi connectivity index (χ1n) is 5.83. The second kappa shape index (κ2) is 5.87. The van der Waals surface area contributed by atoms with E-state index in [2.05, 4.69) is 28.1 Å². The van der Waals surface area contributed by atoms with Crippen LogP contribution in [-0.4, -0.2) is 0 Å². The number of nitrogens with two attached hydrogens (primary N) is 1. The van der Waals surface area contributed by atoms with Crippen molar-refractivity contribution in [1.82, 2.24) is 0 Å². The van der Waals surface area contributed by atoms with Gasteiger partial charge in [0.15, 0.2) is 0 Å². The third kappa shape index (κ3) is 3.14. The van der Waals surface area contributed by atoms with Crippen molar-refractivity contribution < 1.29 is 0 Å². The summed E-state index contributed by atoms with van der Waals surface area (Å²) in [6.45, 7) is 2.00. The molecule has 1 nitrogen and oxygen atoms in total. The van der Waals surface area contributed by atoms with Gasteiger partial charge < -0.3 is 5.73 Å². The van der Waals surface area contributed by atoms with Gasteiger partial charge in [0.1, 0.15) is 0 Å². The second-order valence-electron chi connectivity index (χ2n) is 4.42. The largest absolute Gasteiger partial charge is 0.324 e. The van der Waals surface area contributed by atoms with Gasteiger partial charge >= 0.3 is 0 Å². The van der Waals surface area contributed by atoms with E-state index < -0.39 is 0 Å². The van der Waals surface area contributed by atoms with Crippen molar-refractivity contribution >= 4 is 27.5 Å². The van der Waals surface area contributed by atoms with Crippen LogP contribution >= 0.6 is 27.5 Å². The van der Waals surface area contributed by atoms with E-state index in [0.29, 0.717) is 0 Å². The maximum atomic E-state index is 6.29. The highest BCUT2D eigenvalue weighted by atomic mass is 79.9. The van der Waals surface area contributed by atoms with Crippen LogP contribution in [0.2, 0.25) is 5.02 Å². The molecule has 0 aliphatic rings. The minimum Gasteiger partial charge on any atom is -0.324 e. The summed E-state index contributed by atoms with van der Waals surface area (Å²) in [7, 11) is 0. The molecule has 0 aromatic heterocycles. The van der Waals surface area contributed by atoms with Crippen LogP contribution in [0.5, 0.6) is 0 Å². The standard InChI is InChI=1S/C15H15BrClN/c1-10-3-2-4-13(15(10)17)14(18)9-11-5-7-12(16)8-6-11/h2-8,14H,9,18H2,1H3. The summed E-state index contributed by atoms with van der Waals surface area (Å²) in [4.78, 5) is 0. The van der Waals surface area contributed by atoms with Crippen LogP contribution in [0.4, 0.5) is 0 Å². The summed E-state index contributed by atoms with van der Waals surface area (Å²) in [5.74, 6) is 0. The monoisotopic (exact) mass is 323 g/mol. The van der Waals surface area contributed by atoms with Crippen molar-refractivity contribution in [2.24, 2.45) is 5.73 Å². The highest BCUT2D eigenvalue weighted by Crippen LogP contribution is 2.27. The van der Waals surface area contributed by atoms with Crippen molar-refractivity contribution in [3.05, 3.63) is 68.7 Å². The summed E-state index contributed by atoms with van der Waals surface area (Å²) in [6, 6.07) is 14.1. The van der Waals surface area contributed by atoms with E-state index in [1.807, 2.05) is 37.3 Å². The maximum absolute atomic E-state index is 6.29. The molecule has 3 heteroatoms. The molecule has 0 amide bonds. The minimum atomic E-state index is -0.0708. The van der Waals surface area contributed by atoms with Crippen LogP contribution in [0.1, 0.15) is 22.7 Å². The van der Waals surface area contributed by atoms with E-state index in [1.165, 1.54) is 5.56 Å². The molecule has 0 spiro atoms. The van der Waals surface area contributed by atoms with Crippen LogP contribution in [0.25, 0.3) is 0 Å². The molecule has 1 atom stereocenters. The molecule has 2 N–H and O–H groups in total. The van der Waals surface area contributed by atoms with Gasteiger partial charge in [-0.15, -0.1) is 0 Å². The lowest BCUT2D eigenvalue weighted by molar-refractivity contribution is 0.721. The Morgan fingerprint density at radius 2 is 1.83 bits per heavy atom. The predicted molar refractivity (Wildman–Crippen MR) is 81.0 cm³/mol. The zero-order valence-corrected chi connectivity index (χ0v) is 12.5. The zero-order chi connectivity index (χ0) is 13.1. The SMILES string of the molecule is Cc1cccc(C(N)Cc2ccc(Br)cc2)c1Cl. The molecule has 0 radical (unpaired) electrons. The quantitative estimate of drug-likeness (QED) is 0.873. The molecule has 2 aromatic rings. The fourth-order valence-electron chi connectivity index (χ4n) is 1.94. The third-order valence-electron chi connectivity index (χ3n) is 2.99. The number of benzene rings is 2. The molecule has 0 saturated heterocycles. The normalized spacial score (nSPS) is 12.4. The van der Waals surface area contributed by atoms with Crippen molar-refractivity contribution in [2.45, 2.75) is 19.4 Å². The van der Waals surface area contributed by atoms with Gasteiger partial charge in [0.2, 0.25) is 0 Å². The highest BCUT2D eigenvalue weighted by molar-refractivity contribution is 9.10. The Labute approximate surface area is 121 Å². The molecule has 0 saturated carbocycles. The molecule has 0 aliphatic heterocycles. The Balaban J connectivity index is 2.19. The Bertz CT molecular complexity index is 537. The van der Waals surface area contributed by atoms with Gasteiger partial charge in [0, 0.05) is 15.5 Å². The van der Waals surface area contributed by atoms with Crippen molar-refractivity contribution in [3.8, 4) is 0 Å². The van der Waals surface area contributed by atoms with E-state index in [0.717, 1.165) is 27.0 Å². The van der Waals surface area contributed by atoms with Crippen LogP contribution < -0.4 is 5.73 Å². The molecule has 18 heavy (non-hydrogen) atoms. The summed E-state index contributed by atoms with van der Waals surface area (Å²) < 4.78 is 1.08. The molecular weight excluding hydrogens is 310 g/mol. The average Bonchev–Trinajstić information content (AvgIpc) is 2.35. The van der Waals surface area contributed by atoms with E-state index in [4.69, 9.17) is 17.3 Å². The smallest absolute Gasteiger partial charge is 0.0483 e. The Morgan fingerprint density at radius 1 is 1.17 bits per heavy atom. The predicted octanol–water partition coefficient (Wildman–Crippen LogP) is 4.65. The van der Waals surface area contributed by atoms with E-state index in [-0.39, 0.29) is 6.04 Å². The zero-order valence-electron chi connectivity index (χ0n) is 10.2. The first-order chi connectivity index (χ1) is 8.58. The number of halogens is 2. The van der Waals surface area contributed by atoms with Crippen LogP contribution in [0.3, 0.4) is 0 Å². The van der Waals surface area contributed by atoms with Crippen LogP contribution in [0, 0.1) is 6.92 Å². The first-order valence-corrected chi connectivity index (χ1v) is 7.00. The summed E-state index contributed by atoms with van der Waals surface area (Å²) in [6.07, 6.45) is 0.788. The van der Waals surface area contributed by atoms with Crippen molar-refractivity contribution in [2.75, 3.05) is 0 Å². The molecular formula is C15H15BrClN. The number of hydrogen-bond donors (Lipinski definition) is 1. The van der Waals surface area contributed by atoms with Gasteiger partial charge in [0.05, 0.1) is 0 Å². The summed E-state index contributed by atoms with van der Waals surface area (Å²) in [5.41, 5.74) is 9.53. The maximum Gasteiger partial charge on any atom is 0.0483 e. The van der Waals surface area contributed by atoms with Gasteiger partial charge in [-0.05, 0) is 42.2 Å². The van der Waals surface area contributed by atoms with Crippen LogP contribution in [0.15, 0.2) is 46.9 Å². The Morgan fingerprint density at radius 3 is 2.50 bits per heavy atom. The fourth-order valence-corrected chi connectivity index (χ4v) is 2.47. The lowest BCUT2D eigenvalue weighted by Crippen LogP contribution is -2.14. The van der Waals surface area contributed by atoms with Gasteiger partial charge in [-0.25, -0.2) is 0 Å². The fraction of sp³-hybridized carbons (Fsp3) is 0.200. The molecule has 2 aromatic carbocycles. The van der Waals surface area contributed by atoms with Crippen molar-refractivity contribution in [1.29, 1.82) is 0 Å². The number of rotatable bonds is 3. The topological polar surface area (TPSA) is 26.0 Å². The number of aryl methyl sites for hydroxylation is 1. The van der Waals surface area contributed by atoms with E-state index in [9.17, 15) is 0 Å². The lowest BCUT2D eigenvalue weighted by atomic mass is 9.98. The van der Waals surface area contributed by atoms with Gasteiger partial charge in [-0.3, -0.25) is 0 Å².